The van der Waals surface area contributed by atoms with E-state index in [1.165, 1.54) is 69.4 Å². The van der Waals surface area contributed by atoms with E-state index in [4.69, 9.17) is 0 Å². The molecule has 138 valence electrons. The van der Waals surface area contributed by atoms with Crippen molar-refractivity contribution < 1.29 is 0 Å². The Morgan fingerprint density at radius 2 is 1.35 bits per heavy atom. The second-order valence-electron chi connectivity index (χ2n) is 7.98. The van der Waals surface area contributed by atoms with Crippen LogP contribution in [0, 0.1) is 0 Å². The smallest absolute Gasteiger partial charge is 0.0389 e. The number of nitrogens with zero attached hydrogens (tertiary/aromatic N) is 2. The van der Waals surface area contributed by atoms with Crippen LogP contribution in [-0.4, -0.2) is 42.0 Å². The molecular formula is C24H32N2. The van der Waals surface area contributed by atoms with E-state index in [0.29, 0.717) is 6.04 Å². The second-order valence-corrected chi connectivity index (χ2v) is 7.98. The van der Waals surface area contributed by atoms with Crippen molar-refractivity contribution in [2.75, 3.05) is 26.2 Å². The Balaban J connectivity index is 1.44. The van der Waals surface area contributed by atoms with Gasteiger partial charge >= 0.3 is 0 Å². The third kappa shape index (κ3) is 4.36. The van der Waals surface area contributed by atoms with Gasteiger partial charge in [0, 0.05) is 38.3 Å². The SMILES string of the molecule is c1ccc(C[C@@H](c2ccccc2)N2CCN(C3CCCCC3)CC2)cc1. The summed E-state index contributed by atoms with van der Waals surface area (Å²) in [6, 6.07) is 23.5. The Kier molecular flexibility index (Phi) is 6.03. The molecule has 2 aliphatic rings. The van der Waals surface area contributed by atoms with Crippen LogP contribution in [-0.2, 0) is 6.42 Å². The molecule has 1 atom stereocenters. The van der Waals surface area contributed by atoms with Crippen LogP contribution in [0.4, 0.5) is 0 Å². The molecule has 1 aliphatic carbocycles. The standard InChI is InChI=1S/C24H32N2/c1-4-10-21(11-5-1)20-24(22-12-6-2-7-13-22)26-18-16-25(17-19-26)23-14-8-3-9-15-23/h1-2,4-7,10-13,23-24H,3,8-9,14-20H2/t24-/m0/s1. The van der Waals surface area contributed by atoms with Crippen molar-refractivity contribution >= 4 is 0 Å². The summed E-state index contributed by atoms with van der Waals surface area (Å²) in [5.41, 5.74) is 2.90. The van der Waals surface area contributed by atoms with Crippen molar-refractivity contribution in [2.45, 2.75) is 50.6 Å². The summed E-state index contributed by atoms with van der Waals surface area (Å²) in [5.74, 6) is 0. The molecule has 0 unspecified atom stereocenters. The molecule has 26 heavy (non-hydrogen) atoms. The van der Waals surface area contributed by atoms with E-state index in [0.717, 1.165) is 12.5 Å². The van der Waals surface area contributed by atoms with Gasteiger partial charge in [0.2, 0.25) is 0 Å². The van der Waals surface area contributed by atoms with Gasteiger partial charge in [-0.25, -0.2) is 0 Å². The first kappa shape index (κ1) is 17.8. The summed E-state index contributed by atoms with van der Waals surface area (Å²) in [5, 5.41) is 0. The summed E-state index contributed by atoms with van der Waals surface area (Å²) >= 11 is 0. The number of hydrogen-bond donors (Lipinski definition) is 0. The predicted octanol–water partition coefficient (Wildman–Crippen LogP) is 4.92. The third-order valence-electron chi connectivity index (χ3n) is 6.34. The first-order valence-electron chi connectivity index (χ1n) is 10.5. The van der Waals surface area contributed by atoms with E-state index < -0.39 is 0 Å². The fourth-order valence-electron chi connectivity index (χ4n) is 4.83. The molecular weight excluding hydrogens is 316 g/mol. The monoisotopic (exact) mass is 348 g/mol. The first-order valence-corrected chi connectivity index (χ1v) is 10.5. The molecule has 0 bridgehead atoms. The molecule has 2 heteroatoms. The van der Waals surface area contributed by atoms with Crippen LogP contribution in [0.15, 0.2) is 60.7 Å². The van der Waals surface area contributed by atoms with Crippen molar-refractivity contribution in [3.8, 4) is 0 Å². The molecule has 2 nitrogen and oxygen atoms in total. The van der Waals surface area contributed by atoms with Gasteiger partial charge in [0.05, 0.1) is 0 Å². The summed E-state index contributed by atoms with van der Waals surface area (Å²) in [4.78, 5) is 5.50. The van der Waals surface area contributed by atoms with E-state index in [-0.39, 0.29) is 0 Å². The fraction of sp³-hybridized carbons (Fsp3) is 0.500. The van der Waals surface area contributed by atoms with Crippen LogP contribution in [0.25, 0.3) is 0 Å². The van der Waals surface area contributed by atoms with E-state index in [1.807, 2.05) is 0 Å². The fourth-order valence-corrected chi connectivity index (χ4v) is 4.83. The van der Waals surface area contributed by atoms with Crippen LogP contribution in [0.3, 0.4) is 0 Å². The average molecular weight is 349 g/mol. The highest BCUT2D eigenvalue weighted by Crippen LogP contribution is 2.29. The van der Waals surface area contributed by atoms with Crippen molar-refractivity contribution in [1.82, 2.24) is 9.80 Å². The molecule has 0 radical (unpaired) electrons. The van der Waals surface area contributed by atoms with E-state index in [9.17, 15) is 0 Å². The van der Waals surface area contributed by atoms with Gasteiger partial charge in [0.15, 0.2) is 0 Å². The Bertz CT molecular complexity index is 640. The average Bonchev–Trinajstić information content (AvgIpc) is 2.74. The highest BCUT2D eigenvalue weighted by Gasteiger charge is 2.29. The molecule has 0 N–H and O–H groups in total. The molecule has 0 aromatic heterocycles. The molecule has 0 spiro atoms. The number of rotatable bonds is 5. The lowest BCUT2D eigenvalue weighted by molar-refractivity contribution is 0.0559. The largest absolute Gasteiger partial charge is 0.298 e. The van der Waals surface area contributed by atoms with Gasteiger partial charge in [-0.15, -0.1) is 0 Å². The Hall–Kier alpha value is -1.64. The highest BCUT2D eigenvalue weighted by molar-refractivity contribution is 5.24. The number of piperazine rings is 1. The summed E-state index contributed by atoms with van der Waals surface area (Å²) < 4.78 is 0. The lowest BCUT2D eigenvalue weighted by Gasteiger charge is -2.43. The molecule has 1 aliphatic heterocycles. The minimum atomic E-state index is 0.493. The van der Waals surface area contributed by atoms with Crippen LogP contribution in [0.1, 0.15) is 49.3 Å². The van der Waals surface area contributed by atoms with Gasteiger partial charge in [0.25, 0.3) is 0 Å². The number of benzene rings is 2. The highest BCUT2D eigenvalue weighted by atomic mass is 15.3. The maximum absolute atomic E-state index is 2.78. The summed E-state index contributed by atoms with van der Waals surface area (Å²) in [6.45, 7) is 4.87. The quantitative estimate of drug-likeness (QED) is 0.757. The molecule has 4 rings (SSSR count). The molecule has 1 saturated carbocycles. The van der Waals surface area contributed by atoms with Gasteiger partial charge in [-0.2, -0.15) is 0 Å². The zero-order valence-corrected chi connectivity index (χ0v) is 15.9. The Morgan fingerprint density at radius 3 is 2.00 bits per heavy atom. The molecule has 1 saturated heterocycles. The Morgan fingerprint density at radius 1 is 0.731 bits per heavy atom. The molecule has 2 aromatic carbocycles. The van der Waals surface area contributed by atoms with Crippen LogP contribution < -0.4 is 0 Å². The normalized spacial score (nSPS) is 21.5. The Labute approximate surface area is 158 Å². The zero-order chi connectivity index (χ0) is 17.6. The zero-order valence-electron chi connectivity index (χ0n) is 15.9. The van der Waals surface area contributed by atoms with Crippen LogP contribution >= 0.6 is 0 Å². The van der Waals surface area contributed by atoms with Gasteiger partial charge in [-0.3, -0.25) is 9.80 Å². The van der Waals surface area contributed by atoms with Crippen molar-refractivity contribution in [3.05, 3.63) is 71.8 Å². The molecule has 2 aromatic rings. The van der Waals surface area contributed by atoms with Gasteiger partial charge in [-0.1, -0.05) is 79.9 Å². The van der Waals surface area contributed by atoms with Crippen LogP contribution in [0.5, 0.6) is 0 Å². The van der Waals surface area contributed by atoms with Crippen LogP contribution in [0.2, 0.25) is 0 Å². The minimum Gasteiger partial charge on any atom is -0.298 e. The van der Waals surface area contributed by atoms with Gasteiger partial charge in [-0.05, 0) is 30.4 Å². The van der Waals surface area contributed by atoms with E-state index in [2.05, 4.69) is 70.5 Å². The van der Waals surface area contributed by atoms with Gasteiger partial charge in [0.1, 0.15) is 0 Å². The third-order valence-corrected chi connectivity index (χ3v) is 6.34. The molecule has 1 heterocycles. The predicted molar refractivity (Wildman–Crippen MR) is 109 cm³/mol. The molecule has 2 fully saturated rings. The lowest BCUT2D eigenvalue weighted by atomic mass is 9.93. The first-order chi connectivity index (χ1) is 12.9. The van der Waals surface area contributed by atoms with Crippen molar-refractivity contribution in [3.63, 3.8) is 0 Å². The van der Waals surface area contributed by atoms with Gasteiger partial charge < -0.3 is 0 Å². The maximum atomic E-state index is 2.78. The maximum Gasteiger partial charge on any atom is 0.0389 e. The second kappa shape index (κ2) is 8.83. The number of hydrogen-bond acceptors (Lipinski definition) is 2. The van der Waals surface area contributed by atoms with Crippen molar-refractivity contribution in [1.29, 1.82) is 0 Å². The summed E-state index contributed by atoms with van der Waals surface area (Å²) in [6.07, 6.45) is 8.27. The van der Waals surface area contributed by atoms with E-state index >= 15 is 0 Å². The topological polar surface area (TPSA) is 6.48 Å². The molecule has 0 amide bonds. The minimum absolute atomic E-state index is 0.493. The lowest BCUT2D eigenvalue weighted by Crippen LogP contribution is -2.51. The summed E-state index contributed by atoms with van der Waals surface area (Å²) in [7, 11) is 0. The van der Waals surface area contributed by atoms with Crippen molar-refractivity contribution in [2.24, 2.45) is 0 Å². The van der Waals surface area contributed by atoms with E-state index in [1.54, 1.807) is 0 Å².